The molecule has 3 N–H and O–H groups in total. The molecule has 0 radical (unpaired) electrons. The molecule has 2 aromatic carbocycles. The predicted molar refractivity (Wildman–Crippen MR) is 118 cm³/mol. The molecule has 0 bridgehead atoms. The molecule has 1 unspecified atom stereocenters. The zero-order valence-electron chi connectivity index (χ0n) is 17.1. The van der Waals surface area contributed by atoms with Gasteiger partial charge in [0.05, 0.1) is 11.7 Å². The van der Waals surface area contributed by atoms with Crippen LogP contribution in [0, 0.1) is 11.8 Å². The van der Waals surface area contributed by atoms with Crippen molar-refractivity contribution in [1.29, 1.82) is 0 Å². The Morgan fingerprint density at radius 3 is 2.70 bits per heavy atom. The van der Waals surface area contributed by atoms with Crippen LogP contribution in [0.15, 0.2) is 53.8 Å². The van der Waals surface area contributed by atoms with Gasteiger partial charge in [0.25, 0.3) is 0 Å². The summed E-state index contributed by atoms with van der Waals surface area (Å²) >= 11 is 0. The number of nitrogens with zero attached hydrogens (tertiary/aromatic N) is 3. The lowest BCUT2D eigenvalue weighted by molar-refractivity contribution is 0.471. The normalized spacial score (nSPS) is 14.2. The van der Waals surface area contributed by atoms with E-state index < -0.39 is 0 Å². The molecule has 1 aliphatic rings. The molecule has 7 nitrogen and oxygen atoms in total. The molecular weight excluding hydrogens is 378 g/mol. The van der Waals surface area contributed by atoms with E-state index in [1.165, 1.54) is 0 Å². The highest BCUT2D eigenvalue weighted by molar-refractivity contribution is 6.02. The van der Waals surface area contributed by atoms with Crippen LogP contribution in [0.2, 0.25) is 0 Å². The number of phenolic OH excluding ortho intramolecular Hbond substituents is 1. The first kappa shape index (κ1) is 19.6. The van der Waals surface area contributed by atoms with Crippen LogP contribution in [0.25, 0.3) is 22.2 Å². The van der Waals surface area contributed by atoms with Crippen molar-refractivity contribution in [2.45, 2.75) is 33.4 Å². The standard InChI is InChI=1S/C21H17N5O2.C2H6/c1-11-8-12(6-7-17(11)27)20-14-9-22-21-19(14)18(16(10-23-28)25-26-21)13-4-2-3-5-15(13)24-20;1-2/h2-9,20,24,27H,10H2,1H3,(H,22,26);1-2H3. The minimum atomic E-state index is -0.156. The van der Waals surface area contributed by atoms with Crippen LogP contribution in [0.5, 0.6) is 5.75 Å². The van der Waals surface area contributed by atoms with Gasteiger partial charge in [-0.25, -0.2) is 0 Å². The summed E-state index contributed by atoms with van der Waals surface area (Å²) in [5, 5.41) is 26.0. The number of nitroso groups, excluding NO2 is 1. The Hall–Kier alpha value is -3.74. The number of para-hydroxylation sites is 1. The molecule has 0 saturated heterocycles. The average molecular weight is 401 g/mol. The number of aromatic amines is 1. The van der Waals surface area contributed by atoms with Gasteiger partial charge in [-0.3, -0.25) is 0 Å². The van der Waals surface area contributed by atoms with Gasteiger partial charge < -0.3 is 15.4 Å². The van der Waals surface area contributed by atoms with Gasteiger partial charge >= 0.3 is 0 Å². The zero-order chi connectivity index (χ0) is 21.3. The fraction of sp³-hybridized carbons (Fsp3) is 0.217. The van der Waals surface area contributed by atoms with Crippen LogP contribution in [0.4, 0.5) is 5.69 Å². The fourth-order valence-corrected chi connectivity index (χ4v) is 3.94. The minimum Gasteiger partial charge on any atom is -0.508 e. The summed E-state index contributed by atoms with van der Waals surface area (Å²) in [6.07, 6.45) is 1.92. The van der Waals surface area contributed by atoms with Crippen LogP contribution in [0.3, 0.4) is 0 Å². The van der Waals surface area contributed by atoms with Crippen molar-refractivity contribution in [3.8, 4) is 16.9 Å². The molecule has 0 fully saturated rings. The largest absolute Gasteiger partial charge is 0.508 e. The third-order valence-corrected chi connectivity index (χ3v) is 5.27. The summed E-state index contributed by atoms with van der Waals surface area (Å²) in [7, 11) is 0. The van der Waals surface area contributed by atoms with Gasteiger partial charge in [0.2, 0.25) is 0 Å². The SMILES string of the molecule is CC.Cc1cc(C2Nc3ccccc3-c3c(CN=O)nnc4[nH]cc2c34)ccc1O. The number of fused-ring (bicyclic) bond motifs is 2. The molecule has 0 aliphatic carbocycles. The van der Waals surface area contributed by atoms with Crippen molar-refractivity contribution in [1.82, 2.24) is 15.2 Å². The van der Waals surface area contributed by atoms with E-state index >= 15 is 0 Å². The number of anilines is 1. The molecule has 0 saturated carbocycles. The van der Waals surface area contributed by atoms with Crippen molar-refractivity contribution in [2.24, 2.45) is 5.18 Å². The van der Waals surface area contributed by atoms with E-state index in [-0.39, 0.29) is 18.3 Å². The third-order valence-electron chi connectivity index (χ3n) is 5.27. The number of aromatic hydroxyl groups is 1. The van der Waals surface area contributed by atoms with E-state index in [1.807, 2.05) is 63.4 Å². The van der Waals surface area contributed by atoms with Crippen LogP contribution in [-0.2, 0) is 6.54 Å². The highest BCUT2D eigenvalue weighted by atomic mass is 16.3. The smallest absolute Gasteiger partial charge is 0.160 e. The summed E-state index contributed by atoms with van der Waals surface area (Å²) < 4.78 is 0. The Kier molecular flexibility index (Phi) is 5.18. The number of phenols is 1. The minimum absolute atomic E-state index is 0.0415. The van der Waals surface area contributed by atoms with E-state index in [0.717, 1.165) is 38.9 Å². The van der Waals surface area contributed by atoms with Crippen LogP contribution >= 0.6 is 0 Å². The van der Waals surface area contributed by atoms with Crippen LogP contribution in [-0.4, -0.2) is 20.3 Å². The quantitative estimate of drug-likeness (QED) is 0.396. The maximum absolute atomic E-state index is 11.0. The number of nitrogens with one attached hydrogen (secondary N) is 2. The maximum Gasteiger partial charge on any atom is 0.160 e. The molecule has 1 atom stereocenters. The number of hydrogen-bond donors (Lipinski definition) is 3. The molecule has 5 rings (SSSR count). The monoisotopic (exact) mass is 401 g/mol. The molecule has 0 amide bonds. The second-order valence-electron chi connectivity index (χ2n) is 6.95. The first-order chi connectivity index (χ1) is 14.7. The fourth-order valence-electron chi connectivity index (χ4n) is 3.94. The van der Waals surface area contributed by atoms with Crippen LogP contribution in [0.1, 0.15) is 42.3 Å². The first-order valence-corrected chi connectivity index (χ1v) is 9.98. The molecule has 1 aliphatic heterocycles. The second-order valence-corrected chi connectivity index (χ2v) is 6.95. The Bertz CT molecular complexity index is 1230. The second kappa shape index (κ2) is 7.94. The number of hydrogen-bond acceptors (Lipinski definition) is 6. The Labute approximate surface area is 174 Å². The van der Waals surface area contributed by atoms with Crippen LogP contribution < -0.4 is 5.32 Å². The Morgan fingerprint density at radius 1 is 1.13 bits per heavy atom. The lowest BCUT2D eigenvalue weighted by Gasteiger charge is -2.20. The highest BCUT2D eigenvalue weighted by Gasteiger charge is 2.28. The number of aryl methyl sites for hydroxylation is 1. The lowest BCUT2D eigenvalue weighted by atomic mass is 9.95. The van der Waals surface area contributed by atoms with Gasteiger partial charge in [-0.05, 0) is 36.2 Å². The summed E-state index contributed by atoms with van der Waals surface area (Å²) in [6.45, 7) is 5.84. The molecular formula is C23H23N5O2. The van der Waals surface area contributed by atoms with Gasteiger partial charge in [0.1, 0.15) is 12.3 Å². The molecule has 30 heavy (non-hydrogen) atoms. The lowest BCUT2D eigenvalue weighted by Crippen LogP contribution is -2.11. The highest BCUT2D eigenvalue weighted by Crippen LogP contribution is 2.44. The summed E-state index contributed by atoms with van der Waals surface area (Å²) in [5.74, 6) is 0.266. The van der Waals surface area contributed by atoms with E-state index in [4.69, 9.17) is 0 Å². The Balaban J connectivity index is 0.00000106. The molecule has 2 aromatic heterocycles. The number of benzene rings is 2. The topological polar surface area (TPSA) is 103 Å². The van der Waals surface area contributed by atoms with Gasteiger partial charge in [-0.1, -0.05) is 43.3 Å². The van der Waals surface area contributed by atoms with Crippen molar-refractivity contribution in [3.05, 3.63) is 76.0 Å². The van der Waals surface area contributed by atoms with E-state index in [0.29, 0.717) is 11.3 Å². The molecule has 152 valence electrons. The van der Waals surface area contributed by atoms with E-state index in [9.17, 15) is 10.0 Å². The van der Waals surface area contributed by atoms with Crippen molar-refractivity contribution in [2.75, 3.05) is 5.32 Å². The molecule has 4 aromatic rings. The van der Waals surface area contributed by atoms with Gasteiger partial charge in [0, 0.05) is 34.0 Å². The summed E-state index contributed by atoms with van der Waals surface area (Å²) in [5.41, 5.74) is 6.83. The Morgan fingerprint density at radius 2 is 1.93 bits per heavy atom. The predicted octanol–water partition coefficient (Wildman–Crippen LogP) is 5.45. The average Bonchev–Trinajstić information content (AvgIpc) is 3.13. The van der Waals surface area contributed by atoms with Crippen molar-refractivity contribution >= 4 is 16.7 Å². The number of aromatic nitrogens is 3. The van der Waals surface area contributed by atoms with Crippen molar-refractivity contribution in [3.63, 3.8) is 0 Å². The van der Waals surface area contributed by atoms with E-state index in [1.54, 1.807) is 6.07 Å². The molecule has 3 heterocycles. The summed E-state index contributed by atoms with van der Waals surface area (Å²) in [4.78, 5) is 14.2. The van der Waals surface area contributed by atoms with Gasteiger partial charge in [-0.15, -0.1) is 5.10 Å². The molecule has 0 spiro atoms. The summed E-state index contributed by atoms with van der Waals surface area (Å²) in [6, 6.07) is 13.4. The van der Waals surface area contributed by atoms with Crippen molar-refractivity contribution < 1.29 is 5.11 Å². The number of H-pyrrole nitrogens is 1. The van der Waals surface area contributed by atoms with E-state index in [2.05, 4.69) is 25.7 Å². The van der Waals surface area contributed by atoms with Gasteiger partial charge in [0.15, 0.2) is 5.65 Å². The maximum atomic E-state index is 11.0. The third kappa shape index (κ3) is 3.08. The first-order valence-electron chi connectivity index (χ1n) is 9.98. The molecule has 7 heteroatoms. The van der Waals surface area contributed by atoms with Gasteiger partial charge in [-0.2, -0.15) is 10.0 Å². The number of rotatable bonds is 3. The zero-order valence-corrected chi connectivity index (χ0v) is 17.1.